The Morgan fingerprint density at radius 1 is 0.291 bits per heavy atom. The lowest BCUT2D eigenvalue weighted by molar-refractivity contribution is -0.130. The largest absolute Gasteiger partial charge is 0.356 e. The second kappa shape index (κ2) is 65.6. The van der Waals surface area contributed by atoms with E-state index >= 15 is 0 Å². The van der Waals surface area contributed by atoms with Gasteiger partial charge in [-0.2, -0.15) is 10.5 Å². The summed E-state index contributed by atoms with van der Waals surface area (Å²) in [7, 11) is 0. The van der Waals surface area contributed by atoms with Crippen molar-refractivity contribution in [2.75, 3.05) is 36.8 Å². The van der Waals surface area contributed by atoms with Gasteiger partial charge in [-0.05, 0) is 110 Å². The summed E-state index contributed by atoms with van der Waals surface area (Å²) in [5, 5.41) is 43.9. The van der Waals surface area contributed by atoms with Gasteiger partial charge in [-0.25, -0.2) is 0 Å². The van der Waals surface area contributed by atoms with Crippen molar-refractivity contribution in [2.24, 2.45) is 0 Å². The van der Waals surface area contributed by atoms with Crippen LogP contribution in [0.5, 0.6) is 0 Å². The van der Waals surface area contributed by atoms with Gasteiger partial charge < -0.3 is 42.5 Å². The van der Waals surface area contributed by atoms with Crippen molar-refractivity contribution in [3.63, 3.8) is 0 Å². The zero-order valence-corrected chi connectivity index (χ0v) is 68.6. The van der Waals surface area contributed by atoms with Gasteiger partial charge in [0.2, 0.25) is 47.3 Å². The van der Waals surface area contributed by atoms with Crippen LogP contribution in [0.4, 0.5) is 11.4 Å². The number of hydrogen-bond acceptors (Lipinski definition) is 10. The second-order valence-electron chi connectivity index (χ2n) is 30.3. The molecule has 0 aromatic heterocycles. The lowest BCUT2D eigenvalue weighted by atomic mass is 10.0. The predicted molar refractivity (Wildman–Crippen MR) is 453 cm³/mol. The normalized spacial score (nSPS) is 11.9. The number of benzene rings is 3. The van der Waals surface area contributed by atoms with Gasteiger partial charge >= 0.3 is 0 Å². The maximum atomic E-state index is 13.5. The van der Waals surface area contributed by atoms with E-state index in [0.29, 0.717) is 59.8 Å². The number of carbonyl (C=O) groups is 8. The molecule has 3 rings (SSSR count). The molecule has 18 heteroatoms. The third-order valence-corrected chi connectivity index (χ3v) is 20.4. The van der Waals surface area contributed by atoms with Crippen molar-refractivity contribution in [3.8, 4) is 12.1 Å². The molecule has 0 fully saturated rings. The lowest BCUT2D eigenvalue weighted by Gasteiger charge is -2.18. The Morgan fingerprint density at radius 3 is 0.800 bits per heavy atom. The van der Waals surface area contributed by atoms with Crippen molar-refractivity contribution in [3.05, 3.63) is 95.1 Å². The van der Waals surface area contributed by atoms with E-state index in [4.69, 9.17) is 0 Å². The number of amides is 8. The van der Waals surface area contributed by atoms with Crippen LogP contribution >= 0.6 is 0 Å². The third kappa shape index (κ3) is 49.9. The fourth-order valence-corrected chi connectivity index (χ4v) is 13.5. The van der Waals surface area contributed by atoms with Crippen LogP contribution in [0.3, 0.4) is 0 Å². The fourth-order valence-electron chi connectivity index (χ4n) is 13.5. The van der Waals surface area contributed by atoms with Crippen LogP contribution in [-0.2, 0) is 38.4 Å². The van der Waals surface area contributed by atoms with Crippen LogP contribution in [0.1, 0.15) is 371 Å². The first-order valence-electron chi connectivity index (χ1n) is 43.5. The van der Waals surface area contributed by atoms with Crippen molar-refractivity contribution < 1.29 is 38.4 Å². The smallest absolute Gasteiger partial charge is 0.242 e. The SMILES string of the molecule is CCCCCCCCCCCCNC(=O)CCC(NC(=O)CCCC(=O)Nc1ccc(/C(C#N)=C/c2ccc(/C=C(/C#N)c3ccc(NC(=O)CCCC(=O)NC(CCC(=O)NCCCCCCCCCCCC)C(=O)NCCCCCCCCCCCC)cc3)cc2)cc1)C(=O)NCCCCCCCCCCCC. The molecule has 610 valence electrons. The molecule has 0 aliphatic rings. The quantitative estimate of drug-likeness (QED) is 0.0150. The topological polar surface area (TPSA) is 280 Å². The Balaban J connectivity index is 1.48. The molecular formula is C92H144N10O8. The molecule has 0 aliphatic heterocycles. The molecule has 110 heavy (non-hydrogen) atoms. The standard InChI is InChI=1S/C92H144N10O8/c1-5-9-13-17-21-25-29-33-37-41-67-95-85(103)65-63-83(91(109)97-69-43-39-35-31-27-23-19-15-11-7-3)101-89(107)49-45-47-87(105)99-81-59-55-77(56-60-81)79(73-93)71-75-51-53-76(54-52-75)72-80(74-94)78-57-61-82(62-58-78)100-88(106)48-46-50-90(108)102-84(92(110)98-70-44-40-36-32-28-24-20-16-12-8-4)64-66-86(104)96-68-42-38-34-30-26-22-18-14-10-6-2/h51-62,71-72,83-84H,5-50,63-70H2,1-4H3,(H,95,103)(H,96,104)(H,97,109)(H,98,110)(H,99,105)(H,100,106)(H,101,107)(H,102,108)/b79-71-,80-72+. The van der Waals surface area contributed by atoms with Gasteiger partial charge in [0.05, 0.1) is 23.3 Å². The molecule has 3 aromatic carbocycles. The van der Waals surface area contributed by atoms with Crippen LogP contribution < -0.4 is 42.5 Å². The fraction of sp³-hybridized carbons (Fsp3) is 0.652. The molecule has 0 heterocycles. The summed E-state index contributed by atoms with van der Waals surface area (Å²) in [4.78, 5) is 105. The van der Waals surface area contributed by atoms with Gasteiger partial charge in [-0.3, -0.25) is 38.4 Å². The molecule has 0 saturated carbocycles. The van der Waals surface area contributed by atoms with Crippen LogP contribution in [0.15, 0.2) is 72.8 Å². The van der Waals surface area contributed by atoms with Gasteiger partial charge in [0.1, 0.15) is 12.1 Å². The van der Waals surface area contributed by atoms with Crippen LogP contribution in [0.25, 0.3) is 23.3 Å². The van der Waals surface area contributed by atoms with Gasteiger partial charge in [0, 0.05) is 76.1 Å². The summed E-state index contributed by atoms with van der Waals surface area (Å²) in [5.41, 5.74) is 4.62. The molecule has 2 atom stereocenters. The Hall–Kier alpha value is -8.12. The maximum absolute atomic E-state index is 13.5. The van der Waals surface area contributed by atoms with Crippen molar-refractivity contribution in [1.29, 1.82) is 10.5 Å². The molecule has 0 saturated heterocycles. The van der Waals surface area contributed by atoms with Gasteiger partial charge in [0.25, 0.3) is 0 Å². The monoisotopic (exact) mass is 1520 g/mol. The molecule has 0 bridgehead atoms. The number of anilines is 2. The van der Waals surface area contributed by atoms with E-state index in [2.05, 4.69) is 82.4 Å². The van der Waals surface area contributed by atoms with Crippen LogP contribution in [-0.4, -0.2) is 85.5 Å². The first-order valence-corrected chi connectivity index (χ1v) is 43.5. The molecule has 0 aliphatic carbocycles. The van der Waals surface area contributed by atoms with E-state index < -0.39 is 12.1 Å². The average Bonchev–Trinajstić information content (AvgIpc) is 0.851. The Labute approximate surface area is 664 Å². The van der Waals surface area contributed by atoms with Crippen molar-refractivity contribution in [2.45, 2.75) is 361 Å². The van der Waals surface area contributed by atoms with Crippen molar-refractivity contribution in [1.82, 2.24) is 31.9 Å². The minimum Gasteiger partial charge on any atom is -0.356 e. The first kappa shape index (κ1) is 96.1. The molecule has 2 unspecified atom stereocenters. The first-order chi connectivity index (χ1) is 53.7. The summed E-state index contributed by atoms with van der Waals surface area (Å²) in [6.45, 7) is 11.1. The van der Waals surface area contributed by atoms with E-state index in [9.17, 15) is 48.9 Å². The number of allylic oxidation sites excluding steroid dienone is 2. The Bertz CT molecular complexity index is 2940. The maximum Gasteiger partial charge on any atom is 0.242 e. The highest BCUT2D eigenvalue weighted by atomic mass is 16.2. The molecule has 18 nitrogen and oxygen atoms in total. The predicted octanol–water partition coefficient (Wildman–Crippen LogP) is 20.7. The number of carbonyl (C=O) groups excluding carboxylic acids is 8. The molecule has 3 aromatic rings. The number of nitrogens with one attached hydrogen (secondary N) is 8. The molecule has 8 amide bonds. The molecule has 0 spiro atoms. The highest BCUT2D eigenvalue weighted by Gasteiger charge is 2.24. The zero-order valence-electron chi connectivity index (χ0n) is 68.6. The lowest BCUT2D eigenvalue weighted by Crippen LogP contribution is -2.47. The van der Waals surface area contributed by atoms with Crippen LogP contribution in [0, 0.1) is 22.7 Å². The summed E-state index contributed by atoms with van der Waals surface area (Å²) in [6.07, 6.45) is 52.5. The zero-order chi connectivity index (χ0) is 79.5. The minimum atomic E-state index is -0.873. The summed E-state index contributed by atoms with van der Waals surface area (Å²) >= 11 is 0. The number of hydrogen-bond donors (Lipinski definition) is 8. The van der Waals surface area contributed by atoms with E-state index in [1.807, 2.05) is 24.3 Å². The van der Waals surface area contributed by atoms with E-state index in [-0.39, 0.29) is 111 Å². The number of unbranched alkanes of at least 4 members (excludes halogenated alkanes) is 36. The van der Waals surface area contributed by atoms with E-state index in [1.54, 1.807) is 60.7 Å². The minimum absolute atomic E-state index is 0.0221. The van der Waals surface area contributed by atoms with E-state index in [1.165, 1.54) is 180 Å². The highest BCUT2D eigenvalue weighted by molar-refractivity contribution is 5.95. The molecule has 0 radical (unpaired) electrons. The van der Waals surface area contributed by atoms with E-state index in [0.717, 1.165) is 88.2 Å². The molecule has 8 N–H and O–H groups in total. The highest BCUT2D eigenvalue weighted by Crippen LogP contribution is 2.25. The Morgan fingerprint density at radius 2 is 0.536 bits per heavy atom. The van der Waals surface area contributed by atoms with Gasteiger partial charge in [0.15, 0.2) is 0 Å². The summed E-state index contributed by atoms with van der Waals surface area (Å²) < 4.78 is 0. The summed E-state index contributed by atoms with van der Waals surface area (Å²) in [6, 6.07) is 24.0. The summed E-state index contributed by atoms with van der Waals surface area (Å²) in [5.74, 6) is -2.20. The Kier molecular flexibility index (Phi) is 57.3. The number of nitrogens with zero attached hydrogens (tertiary/aromatic N) is 2. The van der Waals surface area contributed by atoms with Gasteiger partial charge in [-0.15, -0.1) is 0 Å². The van der Waals surface area contributed by atoms with Crippen molar-refractivity contribution >= 4 is 81.9 Å². The van der Waals surface area contributed by atoms with Gasteiger partial charge in [-0.1, -0.05) is 307 Å². The molecular weight excluding hydrogens is 1370 g/mol. The number of nitriles is 2. The average molecular weight is 1520 g/mol. The third-order valence-electron chi connectivity index (χ3n) is 20.4. The van der Waals surface area contributed by atoms with Crippen LogP contribution in [0.2, 0.25) is 0 Å². The number of rotatable bonds is 68. The second-order valence-corrected chi connectivity index (χ2v) is 30.3.